The number of nitrogens with zero attached hydrogens (tertiary/aromatic N) is 5. The average molecular weight is 510 g/mol. The fourth-order valence-electron chi connectivity index (χ4n) is 4.94. The van der Waals surface area contributed by atoms with Crippen molar-refractivity contribution in [2.45, 2.75) is 66.2 Å². The van der Waals surface area contributed by atoms with Crippen molar-refractivity contribution in [3.05, 3.63) is 47.5 Å². The largest absolute Gasteiger partial charge is 0.459 e. The van der Waals surface area contributed by atoms with E-state index in [1.807, 2.05) is 65.4 Å². The Labute approximate surface area is 219 Å². The normalized spacial score (nSPS) is 15.9. The molecule has 3 aromatic heterocycles. The Morgan fingerprint density at radius 2 is 1.73 bits per heavy atom. The number of hydrogen-bond donors (Lipinski definition) is 0. The molecule has 0 aliphatic carbocycles. The van der Waals surface area contributed by atoms with Crippen LogP contribution in [0.4, 0.5) is 4.79 Å². The molecule has 1 amide bonds. The number of piperazine rings is 1. The third-order valence-corrected chi connectivity index (χ3v) is 6.74. The SMILES string of the molecule is Cc1c(C(=O)OC(C)C)cc2cc(-c3nccn3C)cn2c1C(C)N1CCN(C(=O)OC(C)(C)C)CC1. The van der Waals surface area contributed by atoms with Gasteiger partial charge in [-0.15, -0.1) is 0 Å². The van der Waals surface area contributed by atoms with Gasteiger partial charge in [0, 0.05) is 74.6 Å². The van der Waals surface area contributed by atoms with Gasteiger partial charge in [0.05, 0.1) is 11.7 Å². The standard InChI is InChI=1S/C28H39N5O4/c1-18(2)36-26(34)23-16-22-15-21(25-29-9-10-30(25)8)17-33(22)24(19(23)3)20(4)31-11-13-32(14-12-31)27(35)37-28(5,6)7/h9-10,15-18,20H,11-14H2,1-8H3. The minimum atomic E-state index is -0.519. The summed E-state index contributed by atoms with van der Waals surface area (Å²) in [5, 5.41) is 0. The summed E-state index contributed by atoms with van der Waals surface area (Å²) in [5.74, 6) is 0.537. The number of imidazole rings is 1. The summed E-state index contributed by atoms with van der Waals surface area (Å²) in [5.41, 5.74) is 3.86. The molecule has 1 saturated heterocycles. The lowest BCUT2D eigenvalue weighted by molar-refractivity contribution is 0.0107. The summed E-state index contributed by atoms with van der Waals surface area (Å²) in [4.78, 5) is 34.3. The van der Waals surface area contributed by atoms with Crippen molar-refractivity contribution >= 4 is 17.6 Å². The van der Waals surface area contributed by atoms with Crippen molar-refractivity contribution in [1.29, 1.82) is 0 Å². The van der Waals surface area contributed by atoms with E-state index in [0.717, 1.165) is 28.2 Å². The van der Waals surface area contributed by atoms with Crippen LogP contribution in [0.15, 0.2) is 30.7 Å². The molecular weight excluding hydrogens is 470 g/mol. The molecule has 0 bridgehead atoms. The lowest BCUT2D eigenvalue weighted by atomic mass is 10.0. The van der Waals surface area contributed by atoms with Gasteiger partial charge in [-0.05, 0) is 66.2 Å². The number of aromatic nitrogens is 3. The van der Waals surface area contributed by atoms with Gasteiger partial charge >= 0.3 is 12.1 Å². The summed E-state index contributed by atoms with van der Waals surface area (Å²) in [7, 11) is 1.97. The van der Waals surface area contributed by atoms with Crippen molar-refractivity contribution in [3.63, 3.8) is 0 Å². The van der Waals surface area contributed by atoms with Crippen LogP contribution >= 0.6 is 0 Å². The van der Waals surface area contributed by atoms with Crippen LogP contribution in [0.25, 0.3) is 16.9 Å². The number of aryl methyl sites for hydroxylation is 1. The summed E-state index contributed by atoms with van der Waals surface area (Å²) in [6, 6.07) is 3.96. The topological polar surface area (TPSA) is 81.3 Å². The molecule has 0 aromatic carbocycles. The van der Waals surface area contributed by atoms with Crippen LogP contribution in [-0.2, 0) is 16.5 Å². The minimum absolute atomic E-state index is 0.00305. The van der Waals surface area contributed by atoms with Crippen LogP contribution in [0, 0.1) is 6.92 Å². The summed E-state index contributed by atoms with van der Waals surface area (Å²) in [6.45, 7) is 16.1. The molecule has 0 spiro atoms. The zero-order valence-electron chi connectivity index (χ0n) is 23.2. The molecule has 1 unspecified atom stereocenters. The minimum Gasteiger partial charge on any atom is -0.459 e. The van der Waals surface area contributed by atoms with E-state index >= 15 is 0 Å². The maximum absolute atomic E-state index is 13.1. The van der Waals surface area contributed by atoms with Gasteiger partial charge < -0.3 is 23.3 Å². The second-order valence-electron chi connectivity index (χ2n) is 11.1. The number of rotatable bonds is 5. The second-order valence-corrected chi connectivity index (χ2v) is 11.1. The molecule has 0 N–H and O–H groups in total. The highest BCUT2D eigenvalue weighted by Gasteiger charge is 2.30. The molecule has 1 fully saturated rings. The number of carbonyl (C=O) groups is 2. The van der Waals surface area contributed by atoms with E-state index in [2.05, 4.69) is 33.5 Å². The van der Waals surface area contributed by atoms with Crippen LogP contribution in [0.5, 0.6) is 0 Å². The molecule has 1 aliphatic rings. The maximum Gasteiger partial charge on any atom is 0.410 e. The molecule has 9 heteroatoms. The van der Waals surface area contributed by atoms with Gasteiger partial charge in [0.25, 0.3) is 0 Å². The highest BCUT2D eigenvalue weighted by molar-refractivity contribution is 5.93. The molecule has 1 atom stereocenters. The van der Waals surface area contributed by atoms with E-state index < -0.39 is 5.60 Å². The van der Waals surface area contributed by atoms with Gasteiger partial charge in [-0.1, -0.05) is 0 Å². The molecule has 3 aromatic rings. The third-order valence-electron chi connectivity index (χ3n) is 6.74. The Morgan fingerprint density at radius 1 is 1.05 bits per heavy atom. The lowest BCUT2D eigenvalue weighted by Gasteiger charge is -2.39. The van der Waals surface area contributed by atoms with Crippen LogP contribution < -0.4 is 0 Å². The van der Waals surface area contributed by atoms with E-state index in [1.54, 1.807) is 11.1 Å². The number of hydrogen-bond acceptors (Lipinski definition) is 6. The Balaban J connectivity index is 1.69. The predicted octanol–water partition coefficient (Wildman–Crippen LogP) is 4.83. The van der Waals surface area contributed by atoms with Gasteiger partial charge in [0.2, 0.25) is 0 Å². The molecule has 4 rings (SSSR count). The first kappa shape index (κ1) is 26.7. The van der Waals surface area contributed by atoms with Crippen LogP contribution in [0.3, 0.4) is 0 Å². The Kier molecular flexibility index (Phi) is 7.37. The second kappa shape index (κ2) is 10.2. The zero-order chi connectivity index (χ0) is 27.1. The molecule has 200 valence electrons. The van der Waals surface area contributed by atoms with Crippen LogP contribution in [0.1, 0.15) is 69.2 Å². The summed E-state index contributed by atoms with van der Waals surface area (Å²) >= 11 is 0. The highest BCUT2D eigenvalue weighted by atomic mass is 16.6. The maximum atomic E-state index is 13.1. The zero-order valence-corrected chi connectivity index (χ0v) is 23.2. The lowest BCUT2D eigenvalue weighted by Crippen LogP contribution is -2.50. The first-order chi connectivity index (χ1) is 17.4. The van der Waals surface area contributed by atoms with E-state index in [-0.39, 0.29) is 24.2 Å². The number of pyridine rings is 1. The van der Waals surface area contributed by atoms with E-state index in [9.17, 15) is 9.59 Å². The number of fused-ring (bicyclic) bond motifs is 1. The van der Waals surface area contributed by atoms with Crippen molar-refractivity contribution in [3.8, 4) is 11.4 Å². The quantitative estimate of drug-likeness (QED) is 0.459. The molecule has 4 heterocycles. The predicted molar refractivity (Wildman–Crippen MR) is 143 cm³/mol. The average Bonchev–Trinajstić information content (AvgIpc) is 3.42. The number of ether oxygens (including phenoxy) is 2. The van der Waals surface area contributed by atoms with Crippen molar-refractivity contribution in [2.75, 3.05) is 26.2 Å². The monoisotopic (exact) mass is 509 g/mol. The number of amides is 1. The summed E-state index contributed by atoms with van der Waals surface area (Å²) < 4.78 is 15.3. The van der Waals surface area contributed by atoms with Crippen LogP contribution in [-0.4, -0.2) is 73.7 Å². The first-order valence-corrected chi connectivity index (χ1v) is 12.9. The van der Waals surface area contributed by atoms with Crippen molar-refractivity contribution in [2.24, 2.45) is 7.05 Å². The molecule has 1 aliphatic heterocycles. The van der Waals surface area contributed by atoms with Gasteiger partial charge in [0.15, 0.2) is 0 Å². The smallest absolute Gasteiger partial charge is 0.410 e. The van der Waals surface area contributed by atoms with Gasteiger partial charge in [-0.2, -0.15) is 0 Å². The summed E-state index contributed by atoms with van der Waals surface area (Å²) in [6.07, 6.45) is 5.30. The molecule has 37 heavy (non-hydrogen) atoms. The molecular formula is C28H39N5O4. The van der Waals surface area contributed by atoms with Gasteiger partial charge in [-0.25, -0.2) is 14.6 Å². The molecule has 0 radical (unpaired) electrons. The number of carbonyl (C=O) groups excluding carboxylic acids is 2. The molecule has 9 nitrogen and oxygen atoms in total. The Morgan fingerprint density at radius 3 is 2.30 bits per heavy atom. The van der Waals surface area contributed by atoms with Crippen molar-refractivity contribution < 1.29 is 19.1 Å². The van der Waals surface area contributed by atoms with E-state index in [1.165, 1.54) is 0 Å². The Bertz CT molecular complexity index is 1290. The highest BCUT2D eigenvalue weighted by Crippen LogP contribution is 2.32. The van der Waals surface area contributed by atoms with E-state index in [4.69, 9.17) is 9.47 Å². The molecule has 0 saturated carbocycles. The van der Waals surface area contributed by atoms with Gasteiger partial charge in [0.1, 0.15) is 11.4 Å². The fraction of sp³-hybridized carbons (Fsp3) is 0.536. The number of esters is 1. The third kappa shape index (κ3) is 5.66. The van der Waals surface area contributed by atoms with Gasteiger partial charge in [-0.3, -0.25) is 4.90 Å². The Hall–Kier alpha value is -3.33. The fourth-order valence-corrected chi connectivity index (χ4v) is 4.94. The first-order valence-electron chi connectivity index (χ1n) is 12.9. The van der Waals surface area contributed by atoms with Crippen LogP contribution in [0.2, 0.25) is 0 Å². The van der Waals surface area contributed by atoms with Crippen molar-refractivity contribution in [1.82, 2.24) is 23.8 Å². The van der Waals surface area contributed by atoms with E-state index in [0.29, 0.717) is 31.7 Å².